The molecule has 0 bridgehead atoms. The van der Waals surface area contributed by atoms with E-state index in [2.05, 4.69) is 57.3 Å². The molecule has 0 atom stereocenters. The van der Waals surface area contributed by atoms with Gasteiger partial charge in [0.05, 0.1) is 17.2 Å². The van der Waals surface area contributed by atoms with E-state index in [1.807, 2.05) is 12.1 Å². The first kappa shape index (κ1) is 25.0. The number of anilines is 4. The quantitative estimate of drug-likeness (QED) is 0.264. The number of halogens is 1. The predicted octanol–water partition coefficient (Wildman–Crippen LogP) is 4.53. The molecule has 0 aliphatic carbocycles. The first-order chi connectivity index (χ1) is 15.8. The molecule has 2 aromatic carbocycles. The second-order valence-electron chi connectivity index (χ2n) is 7.40. The maximum absolute atomic E-state index is 12.8. The van der Waals surface area contributed by atoms with E-state index in [-0.39, 0.29) is 0 Å². The number of benzene rings is 2. The minimum absolute atomic E-state index is 0.311. The third-order valence-corrected chi connectivity index (χ3v) is 7.02. The summed E-state index contributed by atoms with van der Waals surface area (Å²) in [6.45, 7) is 0.989. The zero-order valence-electron chi connectivity index (χ0n) is 19.0. The number of hydrazine groups is 1. The maximum atomic E-state index is 12.8. The van der Waals surface area contributed by atoms with E-state index in [0.29, 0.717) is 27.8 Å². The van der Waals surface area contributed by atoms with Crippen molar-refractivity contribution in [1.29, 1.82) is 0 Å². The van der Waals surface area contributed by atoms with Crippen molar-refractivity contribution in [2.24, 2.45) is 0 Å². The Bertz CT molecular complexity index is 1110. The summed E-state index contributed by atoms with van der Waals surface area (Å²) >= 11 is 6.27. The van der Waals surface area contributed by atoms with Crippen LogP contribution < -0.4 is 21.5 Å². The van der Waals surface area contributed by atoms with Crippen LogP contribution in [0.3, 0.4) is 0 Å². The Kier molecular flexibility index (Phi) is 8.66. The fraction of sp³-hybridized carbons (Fsp3) is 0.273. The Hall–Kier alpha value is -2.68. The van der Waals surface area contributed by atoms with Crippen molar-refractivity contribution in [2.45, 2.75) is 6.42 Å². The van der Waals surface area contributed by atoms with Gasteiger partial charge in [0.15, 0.2) is 5.82 Å². The number of hydrogen-bond acceptors (Lipinski definition) is 9. The summed E-state index contributed by atoms with van der Waals surface area (Å²) in [7, 11) is 3.33. The van der Waals surface area contributed by atoms with Crippen molar-refractivity contribution < 1.29 is 13.6 Å². The van der Waals surface area contributed by atoms with Crippen LogP contribution in [0.5, 0.6) is 0 Å². The molecule has 176 valence electrons. The zero-order chi connectivity index (χ0) is 23.8. The van der Waals surface area contributed by atoms with E-state index >= 15 is 0 Å². The number of likely N-dealkylation sites (N-methyl/N-ethyl adjacent to an activating group) is 1. The highest BCUT2D eigenvalue weighted by Gasteiger charge is 2.27. The number of hydrogen-bond donors (Lipinski definition) is 3. The molecule has 0 aliphatic rings. The first-order valence-electron chi connectivity index (χ1n) is 10.2. The SMILES string of the molecule is COP(=O)(OC)c1ccccc1NNc1nc(Nc2ccc(CCN(C)C)cc2)ncc1Cl. The zero-order valence-corrected chi connectivity index (χ0v) is 20.7. The van der Waals surface area contributed by atoms with Gasteiger partial charge in [0.1, 0.15) is 5.02 Å². The van der Waals surface area contributed by atoms with Gasteiger partial charge in [-0.15, -0.1) is 0 Å². The Morgan fingerprint density at radius 2 is 1.73 bits per heavy atom. The molecule has 11 heteroatoms. The molecule has 9 nitrogen and oxygen atoms in total. The van der Waals surface area contributed by atoms with E-state index in [4.69, 9.17) is 20.6 Å². The number of nitrogens with zero attached hydrogens (tertiary/aromatic N) is 3. The van der Waals surface area contributed by atoms with Gasteiger partial charge in [-0.3, -0.25) is 15.4 Å². The summed E-state index contributed by atoms with van der Waals surface area (Å²) in [6.07, 6.45) is 2.47. The van der Waals surface area contributed by atoms with Gasteiger partial charge in [-0.2, -0.15) is 4.98 Å². The van der Waals surface area contributed by atoms with Gasteiger partial charge in [-0.1, -0.05) is 35.9 Å². The van der Waals surface area contributed by atoms with Crippen molar-refractivity contribution in [3.05, 3.63) is 65.3 Å². The molecule has 3 N–H and O–H groups in total. The Morgan fingerprint density at radius 1 is 1.03 bits per heavy atom. The van der Waals surface area contributed by atoms with Crippen LogP contribution in [0, 0.1) is 0 Å². The van der Waals surface area contributed by atoms with Crippen LogP contribution in [0.2, 0.25) is 5.02 Å². The molecular formula is C22H28ClN6O3P. The number of para-hydroxylation sites is 1. The Balaban J connectivity index is 1.71. The fourth-order valence-electron chi connectivity index (χ4n) is 2.97. The van der Waals surface area contributed by atoms with E-state index < -0.39 is 7.60 Å². The van der Waals surface area contributed by atoms with E-state index in [0.717, 1.165) is 18.7 Å². The highest BCUT2D eigenvalue weighted by Crippen LogP contribution is 2.47. The molecule has 0 aliphatic heterocycles. The first-order valence-corrected chi connectivity index (χ1v) is 12.1. The Morgan fingerprint density at radius 3 is 2.39 bits per heavy atom. The van der Waals surface area contributed by atoms with Crippen molar-refractivity contribution in [3.8, 4) is 0 Å². The van der Waals surface area contributed by atoms with Crippen molar-refractivity contribution in [1.82, 2.24) is 14.9 Å². The van der Waals surface area contributed by atoms with Crippen LogP contribution in [-0.4, -0.2) is 49.7 Å². The standard InChI is InChI=1S/C22H28ClN6O3P/c1-29(2)14-13-16-9-11-17(12-10-16)25-22-24-15-18(23)21(26-22)28-27-19-7-5-6-8-20(19)33(30,31-3)32-4/h5-12,15,27H,13-14H2,1-4H3,(H2,24,25,26,28). The summed E-state index contributed by atoms with van der Waals surface area (Å²) in [6, 6.07) is 15.0. The largest absolute Gasteiger partial charge is 0.362 e. The minimum atomic E-state index is -3.46. The number of nitrogens with one attached hydrogen (secondary N) is 3. The minimum Gasteiger partial charge on any atom is -0.324 e. The molecule has 0 saturated carbocycles. The van der Waals surface area contributed by atoms with E-state index in [1.54, 1.807) is 24.3 Å². The summed E-state index contributed by atoms with van der Waals surface area (Å²) in [5, 5.41) is 3.86. The van der Waals surface area contributed by atoms with Gasteiger partial charge >= 0.3 is 7.60 Å². The second kappa shape index (κ2) is 11.4. The van der Waals surface area contributed by atoms with E-state index in [9.17, 15) is 4.57 Å². The molecule has 3 aromatic rings. The predicted molar refractivity (Wildman–Crippen MR) is 134 cm³/mol. The van der Waals surface area contributed by atoms with Crippen LogP contribution in [0.25, 0.3) is 0 Å². The highest BCUT2D eigenvalue weighted by atomic mass is 35.5. The monoisotopic (exact) mass is 490 g/mol. The van der Waals surface area contributed by atoms with Gasteiger partial charge in [-0.05, 0) is 50.3 Å². The second-order valence-corrected chi connectivity index (χ2v) is 10.0. The summed E-state index contributed by atoms with van der Waals surface area (Å²) in [5.74, 6) is 0.716. The van der Waals surface area contributed by atoms with Crippen LogP contribution >= 0.6 is 19.2 Å². The Labute approximate surface area is 199 Å². The lowest BCUT2D eigenvalue weighted by atomic mass is 10.1. The molecule has 0 saturated heterocycles. The molecule has 0 radical (unpaired) electrons. The molecular weight excluding hydrogens is 463 g/mol. The fourth-order valence-corrected chi connectivity index (χ4v) is 4.34. The molecule has 1 heterocycles. The summed E-state index contributed by atoms with van der Waals surface area (Å²) in [4.78, 5) is 10.8. The maximum Gasteiger partial charge on any atom is 0.362 e. The molecule has 3 rings (SSSR count). The average molecular weight is 491 g/mol. The van der Waals surface area contributed by atoms with E-state index in [1.165, 1.54) is 26.0 Å². The third kappa shape index (κ3) is 6.66. The van der Waals surface area contributed by atoms with Crippen LogP contribution in [0.4, 0.5) is 23.1 Å². The average Bonchev–Trinajstić information content (AvgIpc) is 2.83. The van der Waals surface area contributed by atoms with Gasteiger partial charge in [0, 0.05) is 26.5 Å². The van der Waals surface area contributed by atoms with Gasteiger partial charge in [0.25, 0.3) is 0 Å². The molecule has 0 unspecified atom stereocenters. The third-order valence-electron chi connectivity index (χ3n) is 4.80. The van der Waals surface area contributed by atoms with Crippen LogP contribution in [-0.2, 0) is 20.0 Å². The molecule has 1 aromatic heterocycles. The van der Waals surface area contributed by atoms with Gasteiger partial charge < -0.3 is 19.3 Å². The van der Waals surface area contributed by atoms with Crippen molar-refractivity contribution in [2.75, 3.05) is 51.0 Å². The molecule has 0 fully saturated rings. The topological polar surface area (TPSA) is 101 Å². The van der Waals surface area contributed by atoms with Gasteiger partial charge in [-0.25, -0.2) is 4.98 Å². The smallest absolute Gasteiger partial charge is 0.324 e. The summed E-state index contributed by atoms with van der Waals surface area (Å²) in [5.41, 5.74) is 8.53. The van der Waals surface area contributed by atoms with Crippen LogP contribution in [0.15, 0.2) is 54.7 Å². The molecule has 0 spiro atoms. The molecule has 0 amide bonds. The highest BCUT2D eigenvalue weighted by molar-refractivity contribution is 7.62. The summed E-state index contributed by atoms with van der Waals surface area (Å²) < 4.78 is 23.1. The van der Waals surface area contributed by atoms with Crippen molar-refractivity contribution >= 4 is 47.6 Å². The van der Waals surface area contributed by atoms with Crippen LogP contribution in [0.1, 0.15) is 5.56 Å². The van der Waals surface area contributed by atoms with Crippen molar-refractivity contribution in [3.63, 3.8) is 0 Å². The molecule has 33 heavy (non-hydrogen) atoms. The number of rotatable bonds is 11. The van der Waals surface area contributed by atoms with Gasteiger partial charge in [0.2, 0.25) is 5.95 Å². The normalized spacial score (nSPS) is 11.5. The lowest BCUT2D eigenvalue weighted by molar-refractivity contribution is 0.287. The lowest BCUT2D eigenvalue weighted by Gasteiger charge is -2.19. The number of aromatic nitrogens is 2. The lowest BCUT2D eigenvalue weighted by Crippen LogP contribution is -2.19.